The molecule has 1 atom stereocenters. The smallest absolute Gasteiger partial charge is 0.226 e. The van der Waals surface area contributed by atoms with Gasteiger partial charge in [0, 0.05) is 22.8 Å². The summed E-state index contributed by atoms with van der Waals surface area (Å²) in [5, 5.41) is 10.4. The molecule has 0 radical (unpaired) electrons. The van der Waals surface area contributed by atoms with E-state index in [1.54, 1.807) is 13.2 Å². The summed E-state index contributed by atoms with van der Waals surface area (Å²) in [5.74, 6) is 0.539. The summed E-state index contributed by atoms with van der Waals surface area (Å²) in [6, 6.07) is 17.4. The first kappa shape index (κ1) is 16.6. The van der Waals surface area contributed by atoms with Crippen LogP contribution < -0.4 is 4.90 Å². The molecule has 1 heterocycles. The van der Waals surface area contributed by atoms with Crippen molar-refractivity contribution in [3.8, 4) is 11.5 Å². The molecule has 1 N–H and O–H groups in total. The van der Waals surface area contributed by atoms with Gasteiger partial charge >= 0.3 is 0 Å². The number of benzene rings is 2. The second kappa shape index (κ2) is 7.51. The van der Waals surface area contributed by atoms with E-state index in [4.69, 9.17) is 16.0 Å². The molecule has 3 aromatic rings. The average molecular weight is 343 g/mol. The summed E-state index contributed by atoms with van der Waals surface area (Å²) >= 11 is 6.02. The van der Waals surface area contributed by atoms with E-state index in [9.17, 15) is 5.11 Å². The lowest BCUT2D eigenvalue weighted by Gasteiger charge is -2.25. The molecule has 1 aromatic heterocycles. The van der Waals surface area contributed by atoms with Gasteiger partial charge in [-0.15, -0.1) is 0 Å². The fourth-order valence-electron chi connectivity index (χ4n) is 2.55. The normalized spacial score (nSPS) is 12.1. The zero-order chi connectivity index (χ0) is 16.9. The standard InChI is InChI=1S/C19H19ClN2O2/c1-14(23)11-22(18-8-3-2-4-9-18)12-17-13-24-19(21-17)15-6-5-7-16(20)10-15/h2-10,13-14,23H,11-12H2,1H3/t14-/m1/s1. The van der Waals surface area contributed by atoms with Crippen LogP contribution in [0.2, 0.25) is 5.02 Å². The van der Waals surface area contributed by atoms with Gasteiger partial charge in [-0.25, -0.2) is 4.98 Å². The van der Waals surface area contributed by atoms with Crippen LogP contribution in [0.25, 0.3) is 11.5 Å². The highest BCUT2D eigenvalue weighted by molar-refractivity contribution is 6.30. The van der Waals surface area contributed by atoms with E-state index >= 15 is 0 Å². The van der Waals surface area contributed by atoms with Crippen LogP contribution in [0.15, 0.2) is 65.3 Å². The highest BCUT2D eigenvalue weighted by Gasteiger charge is 2.14. The van der Waals surface area contributed by atoms with Crippen LogP contribution in [-0.4, -0.2) is 22.7 Å². The molecule has 0 aliphatic rings. The number of hydrogen-bond donors (Lipinski definition) is 1. The molecular weight excluding hydrogens is 324 g/mol. The second-order valence-electron chi connectivity index (χ2n) is 5.72. The van der Waals surface area contributed by atoms with E-state index in [2.05, 4.69) is 9.88 Å². The largest absolute Gasteiger partial charge is 0.444 e. The predicted octanol–water partition coefficient (Wildman–Crippen LogP) is 4.38. The number of anilines is 1. The maximum atomic E-state index is 9.78. The van der Waals surface area contributed by atoms with E-state index in [1.807, 2.05) is 54.6 Å². The molecule has 2 aromatic carbocycles. The SMILES string of the molecule is C[C@@H](O)CN(Cc1coc(-c2cccc(Cl)c2)n1)c1ccccc1. The lowest BCUT2D eigenvalue weighted by atomic mass is 10.2. The third-order valence-electron chi connectivity index (χ3n) is 3.58. The number of aromatic nitrogens is 1. The van der Waals surface area contributed by atoms with E-state index in [0.29, 0.717) is 24.0 Å². The number of para-hydroxylation sites is 1. The molecule has 5 heteroatoms. The minimum absolute atomic E-state index is 0.440. The lowest BCUT2D eigenvalue weighted by Crippen LogP contribution is -2.30. The quantitative estimate of drug-likeness (QED) is 0.722. The molecule has 0 aliphatic heterocycles. The monoisotopic (exact) mass is 342 g/mol. The first-order valence-electron chi connectivity index (χ1n) is 7.80. The van der Waals surface area contributed by atoms with Gasteiger partial charge in [-0.3, -0.25) is 0 Å². The van der Waals surface area contributed by atoms with Crippen LogP contribution in [0.1, 0.15) is 12.6 Å². The number of rotatable bonds is 6. The van der Waals surface area contributed by atoms with Gasteiger partial charge in [0.25, 0.3) is 0 Å². The van der Waals surface area contributed by atoms with Gasteiger partial charge in [0.05, 0.1) is 18.3 Å². The third kappa shape index (κ3) is 4.16. The summed E-state index contributed by atoms with van der Waals surface area (Å²) in [4.78, 5) is 6.62. The predicted molar refractivity (Wildman–Crippen MR) is 96.1 cm³/mol. The van der Waals surface area contributed by atoms with Gasteiger partial charge < -0.3 is 14.4 Å². The van der Waals surface area contributed by atoms with Crippen molar-refractivity contribution >= 4 is 17.3 Å². The number of nitrogens with zero attached hydrogens (tertiary/aromatic N) is 2. The van der Waals surface area contributed by atoms with Crippen LogP contribution in [0.5, 0.6) is 0 Å². The molecule has 0 fully saturated rings. The summed E-state index contributed by atoms with van der Waals surface area (Å²) in [7, 11) is 0. The van der Waals surface area contributed by atoms with Gasteiger partial charge in [0.2, 0.25) is 5.89 Å². The molecule has 124 valence electrons. The number of halogens is 1. The van der Waals surface area contributed by atoms with Crippen LogP contribution in [0.4, 0.5) is 5.69 Å². The second-order valence-corrected chi connectivity index (χ2v) is 6.16. The van der Waals surface area contributed by atoms with Crippen molar-refractivity contribution in [1.29, 1.82) is 0 Å². The van der Waals surface area contributed by atoms with E-state index < -0.39 is 6.10 Å². The van der Waals surface area contributed by atoms with Crippen molar-refractivity contribution in [2.45, 2.75) is 19.6 Å². The minimum atomic E-state index is -0.440. The van der Waals surface area contributed by atoms with E-state index in [1.165, 1.54) is 0 Å². The Morgan fingerprint density at radius 2 is 1.96 bits per heavy atom. The van der Waals surface area contributed by atoms with E-state index in [-0.39, 0.29) is 0 Å². The Labute approximate surface area is 146 Å². The zero-order valence-electron chi connectivity index (χ0n) is 13.4. The molecule has 0 bridgehead atoms. The Hall–Kier alpha value is -2.30. The van der Waals surface area contributed by atoms with Gasteiger partial charge in [-0.05, 0) is 37.3 Å². The topological polar surface area (TPSA) is 49.5 Å². The summed E-state index contributed by atoms with van der Waals surface area (Å²) in [5.41, 5.74) is 2.68. The summed E-state index contributed by atoms with van der Waals surface area (Å²) in [6.07, 6.45) is 1.21. The van der Waals surface area contributed by atoms with Gasteiger partial charge in [-0.1, -0.05) is 35.9 Å². The molecule has 24 heavy (non-hydrogen) atoms. The molecule has 3 rings (SSSR count). The minimum Gasteiger partial charge on any atom is -0.444 e. The third-order valence-corrected chi connectivity index (χ3v) is 3.82. The molecule has 0 unspecified atom stereocenters. The van der Waals surface area contributed by atoms with Crippen molar-refractivity contribution in [3.63, 3.8) is 0 Å². The molecule has 0 saturated heterocycles. The maximum Gasteiger partial charge on any atom is 0.226 e. The Morgan fingerprint density at radius 3 is 2.67 bits per heavy atom. The first-order chi connectivity index (χ1) is 11.6. The molecule has 0 aliphatic carbocycles. The van der Waals surface area contributed by atoms with Crippen LogP contribution in [0, 0.1) is 0 Å². The van der Waals surface area contributed by atoms with Crippen molar-refractivity contribution in [1.82, 2.24) is 4.98 Å². The molecule has 0 amide bonds. The Bertz CT molecular complexity index is 787. The van der Waals surface area contributed by atoms with Crippen molar-refractivity contribution in [3.05, 3.63) is 71.6 Å². The summed E-state index contributed by atoms with van der Waals surface area (Å²) < 4.78 is 5.59. The van der Waals surface area contributed by atoms with Crippen LogP contribution in [-0.2, 0) is 6.54 Å². The lowest BCUT2D eigenvalue weighted by molar-refractivity contribution is 0.199. The molecule has 4 nitrogen and oxygen atoms in total. The Kier molecular flexibility index (Phi) is 5.18. The number of oxazole rings is 1. The zero-order valence-corrected chi connectivity index (χ0v) is 14.1. The van der Waals surface area contributed by atoms with Gasteiger partial charge in [-0.2, -0.15) is 0 Å². The van der Waals surface area contributed by atoms with E-state index in [0.717, 1.165) is 16.9 Å². The molecular formula is C19H19ClN2O2. The summed E-state index contributed by atoms with van der Waals surface area (Å²) in [6.45, 7) is 2.85. The van der Waals surface area contributed by atoms with Crippen LogP contribution >= 0.6 is 11.6 Å². The molecule has 0 spiro atoms. The highest BCUT2D eigenvalue weighted by Crippen LogP contribution is 2.23. The maximum absolute atomic E-state index is 9.78. The molecule has 0 saturated carbocycles. The van der Waals surface area contributed by atoms with Crippen molar-refractivity contribution in [2.75, 3.05) is 11.4 Å². The van der Waals surface area contributed by atoms with Gasteiger partial charge in [0.15, 0.2) is 0 Å². The highest BCUT2D eigenvalue weighted by atomic mass is 35.5. The number of hydrogen-bond acceptors (Lipinski definition) is 4. The van der Waals surface area contributed by atoms with Gasteiger partial charge in [0.1, 0.15) is 6.26 Å². The van der Waals surface area contributed by atoms with Crippen molar-refractivity contribution < 1.29 is 9.52 Å². The number of aliphatic hydroxyl groups is 1. The van der Waals surface area contributed by atoms with Crippen molar-refractivity contribution in [2.24, 2.45) is 0 Å². The van der Waals surface area contributed by atoms with Crippen LogP contribution in [0.3, 0.4) is 0 Å². The first-order valence-corrected chi connectivity index (χ1v) is 8.18. The Morgan fingerprint density at radius 1 is 1.17 bits per heavy atom. The Balaban J connectivity index is 1.81. The fraction of sp³-hybridized carbons (Fsp3) is 0.211. The fourth-order valence-corrected chi connectivity index (χ4v) is 2.74. The number of aliphatic hydroxyl groups excluding tert-OH is 1. The average Bonchev–Trinajstić information content (AvgIpc) is 3.03.